The van der Waals surface area contributed by atoms with E-state index in [1.807, 2.05) is 0 Å². The molecule has 0 radical (unpaired) electrons. The third-order valence-corrected chi connectivity index (χ3v) is 3.00. The normalized spacial score (nSPS) is 13.1. The van der Waals surface area contributed by atoms with Gasteiger partial charge in [-0.05, 0) is 61.6 Å². The molecule has 9 heteroatoms. The number of rotatable bonds is 9. The smallest absolute Gasteiger partial charge is 0.407 e. The van der Waals surface area contributed by atoms with Crippen molar-refractivity contribution in [2.45, 2.75) is 71.6 Å². The molecule has 158 valence electrons. The largest absolute Gasteiger partial charge is 0.459 e. The quantitative estimate of drug-likeness (QED) is 0.402. The van der Waals surface area contributed by atoms with Crippen LogP contribution in [0.25, 0.3) is 0 Å². The van der Waals surface area contributed by atoms with Gasteiger partial charge in [-0.25, -0.2) is 9.80 Å². The number of carbonyl (C=O) groups excluding carboxylic acids is 3. The van der Waals surface area contributed by atoms with E-state index in [9.17, 15) is 14.4 Å². The van der Waals surface area contributed by atoms with Crippen molar-refractivity contribution in [1.82, 2.24) is 21.1 Å². The summed E-state index contributed by atoms with van der Waals surface area (Å²) < 4.78 is 10.4. The number of likely N-dealkylation sites (N-methyl/N-ethyl adjacent to an activating group) is 1. The van der Waals surface area contributed by atoms with E-state index in [0.717, 1.165) is 0 Å². The Balaban J connectivity index is 4.57. The van der Waals surface area contributed by atoms with Gasteiger partial charge in [-0.2, -0.15) is 0 Å². The van der Waals surface area contributed by atoms with Gasteiger partial charge in [0.2, 0.25) is 5.91 Å². The minimum Gasteiger partial charge on any atom is -0.459 e. The molecule has 0 aromatic rings. The van der Waals surface area contributed by atoms with Crippen LogP contribution >= 0.6 is 0 Å². The van der Waals surface area contributed by atoms with Crippen LogP contribution in [0.2, 0.25) is 0 Å². The first-order valence-corrected chi connectivity index (χ1v) is 9.08. The van der Waals surface area contributed by atoms with Gasteiger partial charge in [0.05, 0.1) is 0 Å². The van der Waals surface area contributed by atoms with E-state index in [1.54, 1.807) is 55.6 Å². The number of hydrogen-bond donors (Lipinski definition) is 3. The monoisotopic (exact) mass is 388 g/mol. The zero-order chi connectivity index (χ0) is 21.3. The van der Waals surface area contributed by atoms with Gasteiger partial charge in [-0.3, -0.25) is 15.0 Å². The molecule has 0 unspecified atom stereocenters. The predicted octanol–water partition coefficient (Wildman–Crippen LogP) is 1.18. The Morgan fingerprint density at radius 1 is 1.00 bits per heavy atom. The summed E-state index contributed by atoms with van der Waals surface area (Å²) >= 11 is 0. The second-order valence-electron chi connectivity index (χ2n) is 8.42. The van der Waals surface area contributed by atoms with Crippen molar-refractivity contribution in [2.24, 2.45) is 0 Å². The molecule has 0 saturated carbocycles. The lowest BCUT2D eigenvalue weighted by atomic mass is 10.1. The highest BCUT2D eigenvalue weighted by atomic mass is 16.6. The van der Waals surface area contributed by atoms with Crippen LogP contribution in [0.3, 0.4) is 0 Å². The number of nitrogens with zero attached hydrogens (tertiary/aromatic N) is 1. The summed E-state index contributed by atoms with van der Waals surface area (Å²) in [7, 11) is 3.37. The third-order valence-electron chi connectivity index (χ3n) is 3.00. The molecule has 0 bridgehead atoms. The minimum absolute atomic E-state index is 0.0551. The van der Waals surface area contributed by atoms with E-state index in [4.69, 9.17) is 9.47 Å². The molecule has 9 nitrogen and oxygen atoms in total. The molecule has 0 heterocycles. The molecule has 0 fully saturated rings. The first-order chi connectivity index (χ1) is 12.2. The topological polar surface area (TPSA) is 109 Å². The number of esters is 1. The highest BCUT2D eigenvalue weighted by Crippen LogP contribution is 2.09. The third kappa shape index (κ3) is 14.9. The van der Waals surface area contributed by atoms with Crippen molar-refractivity contribution in [3.05, 3.63) is 0 Å². The lowest BCUT2D eigenvalue weighted by Gasteiger charge is -2.25. The maximum absolute atomic E-state index is 12.2. The van der Waals surface area contributed by atoms with Gasteiger partial charge in [0, 0.05) is 19.5 Å². The van der Waals surface area contributed by atoms with Crippen molar-refractivity contribution in [1.29, 1.82) is 0 Å². The fraction of sp³-hybridized carbons (Fsp3) is 0.833. The van der Waals surface area contributed by atoms with Crippen molar-refractivity contribution in [3.63, 3.8) is 0 Å². The Bertz CT molecular complexity index is 497. The van der Waals surface area contributed by atoms with E-state index in [0.29, 0.717) is 13.0 Å². The molecule has 0 saturated heterocycles. The van der Waals surface area contributed by atoms with Crippen LogP contribution in [0.5, 0.6) is 0 Å². The van der Waals surface area contributed by atoms with E-state index in [2.05, 4.69) is 16.1 Å². The Kier molecular flexibility index (Phi) is 10.3. The second-order valence-corrected chi connectivity index (χ2v) is 8.42. The van der Waals surface area contributed by atoms with Gasteiger partial charge in [0.25, 0.3) is 0 Å². The fourth-order valence-corrected chi connectivity index (χ4v) is 2.11. The molecule has 0 spiro atoms. The van der Waals surface area contributed by atoms with E-state index >= 15 is 0 Å². The zero-order valence-corrected chi connectivity index (χ0v) is 17.9. The Hall–Kier alpha value is -1.87. The van der Waals surface area contributed by atoms with Gasteiger partial charge in [-0.15, -0.1) is 0 Å². The van der Waals surface area contributed by atoms with Gasteiger partial charge in [0.1, 0.15) is 17.7 Å². The first kappa shape index (κ1) is 25.1. The fourth-order valence-electron chi connectivity index (χ4n) is 2.11. The SMILES string of the molecule is CNCC[C@@H](CC(=O)NN(C)CC(=O)OC(C)(C)C)NC(=O)OC(C)(C)C. The lowest BCUT2D eigenvalue weighted by molar-refractivity contribution is -0.156. The molecule has 0 aromatic carbocycles. The zero-order valence-electron chi connectivity index (χ0n) is 17.9. The van der Waals surface area contributed by atoms with Crippen molar-refractivity contribution >= 4 is 18.0 Å². The van der Waals surface area contributed by atoms with E-state index in [1.165, 1.54) is 5.01 Å². The highest BCUT2D eigenvalue weighted by molar-refractivity contribution is 5.78. The highest BCUT2D eigenvalue weighted by Gasteiger charge is 2.22. The van der Waals surface area contributed by atoms with Gasteiger partial charge in [0.15, 0.2) is 0 Å². The van der Waals surface area contributed by atoms with Crippen LogP contribution in [0, 0.1) is 0 Å². The van der Waals surface area contributed by atoms with Crippen molar-refractivity contribution < 1.29 is 23.9 Å². The van der Waals surface area contributed by atoms with Gasteiger partial charge >= 0.3 is 12.1 Å². The minimum atomic E-state index is -0.618. The molecule has 1 atom stereocenters. The van der Waals surface area contributed by atoms with Crippen LogP contribution in [-0.4, -0.2) is 67.4 Å². The molecule has 0 aliphatic heterocycles. The Labute approximate surface area is 162 Å². The summed E-state index contributed by atoms with van der Waals surface area (Å²) in [6, 6.07) is -0.401. The summed E-state index contributed by atoms with van der Waals surface area (Å²) in [5.74, 6) is -0.762. The van der Waals surface area contributed by atoms with Crippen LogP contribution in [0.1, 0.15) is 54.4 Å². The van der Waals surface area contributed by atoms with Crippen molar-refractivity contribution in [2.75, 3.05) is 27.2 Å². The van der Waals surface area contributed by atoms with Crippen molar-refractivity contribution in [3.8, 4) is 0 Å². The number of nitrogens with one attached hydrogen (secondary N) is 3. The summed E-state index contributed by atoms with van der Waals surface area (Å²) in [6.45, 7) is 11.2. The number of carbonyl (C=O) groups is 3. The second kappa shape index (κ2) is 11.1. The van der Waals surface area contributed by atoms with Gasteiger partial charge < -0.3 is 20.1 Å². The molecular formula is C18H36N4O5. The number of hydrogen-bond acceptors (Lipinski definition) is 7. The number of ether oxygens (including phenoxy) is 2. The van der Waals surface area contributed by atoms with E-state index in [-0.39, 0.29) is 18.9 Å². The average Bonchev–Trinajstić information content (AvgIpc) is 2.39. The summed E-state index contributed by atoms with van der Waals surface area (Å²) in [4.78, 5) is 36.0. The summed E-state index contributed by atoms with van der Waals surface area (Å²) in [6.07, 6.45) is 0.0388. The average molecular weight is 389 g/mol. The molecule has 2 amide bonds. The number of alkyl carbamates (subject to hydrolysis) is 1. The molecule has 0 rings (SSSR count). The summed E-state index contributed by atoms with van der Waals surface area (Å²) in [5.41, 5.74) is 1.40. The van der Waals surface area contributed by atoms with Crippen LogP contribution in [-0.2, 0) is 19.1 Å². The molecular weight excluding hydrogens is 352 g/mol. The molecule has 0 aliphatic rings. The molecule has 27 heavy (non-hydrogen) atoms. The predicted molar refractivity (Wildman–Crippen MR) is 103 cm³/mol. The number of amides is 2. The molecule has 3 N–H and O–H groups in total. The maximum atomic E-state index is 12.2. The summed E-state index contributed by atoms with van der Waals surface area (Å²) in [5, 5.41) is 7.06. The first-order valence-electron chi connectivity index (χ1n) is 9.08. The molecule has 0 aliphatic carbocycles. The standard InChI is InChI=1S/C18H36N4O5/c1-17(2,3)26-15(24)12-22(8)21-14(23)11-13(9-10-19-7)20-16(25)27-18(4,5)6/h13,19H,9-12H2,1-8H3,(H,20,25)(H,21,23)/t13-/m0/s1. The molecule has 0 aromatic heterocycles. The Morgan fingerprint density at radius 3 is 2.04 bits per heavy atom. The van der Waals surface area contributed by atoms with Gasteiger partial charge in [-0.1, -0.05) is 0 Å². The van der Waals surface area contributed by atoms with Crippen LogP contribution < -0.4 is 16.1 Å². The maximum Gasteiger partial charge on any atom is 0.407 e. The van der Waals surface area contributed by atoms with Crippen LogP contribution in [0.4, 0.5) is 4.79 Å². The van der Waals surface area contributed by atoms with Crippen LogP contribution in [0.15, 0.2) is 0 Å². The number of hydrazine groups is 1. The lowest BCUT2D eigenvalue weighted by Crippen LogP contribution is -2.47. The van der Waals surface area contributed by atoms with E-state index < -0.39 is 29.3 Å². The Morgan fingerprint density at radius 2 is 1.56 bits per heavy atom.